The van der Waals surface area contributed by atoms with Crippen LogP contribution >= 0.6 is 35.0 Å². The Morgan fingerprint density at radius 1 is 1.08 bits per heavy atom. The molecular formula is C18H13Cl2NO2S. The van der Waals surface area contributed by atoms with Crippen molar-refractivity contribution in [1.82, 2.24) is 4.90 Å². The van der Waals surface area contributed by atoms with Crippen LogP contribution in [0.25, 0.3) is 6.08 Å². The normalized spacial score (nSPS) is 16.3. The number of rotatable bonds is 3. The molecule has 0 spiro atoms. The predicted octanol–water partition coefficient (Wildman–Crippen LogP) is 5.54. The van der Waals surface area contributed by atoms with Gasteiger partial charge in [0.25, 0.3) is 11.1 Å². The van der Waals surface area contributed by atoms with Gasteiger partial charge < -0.3 is 0 Å². The van der Waals surface area contributed by atoms with E-state index in [1.165, 1.54) is 4.90 Å². The lowest BCUT2D eigenvalue weighted by atomic mass is 10.1. The summed E-state index contributed by atoms with van der Waals surface area (Å²) in [6.45, 7) is 2.12. The molecule has 1 aliphatic heterocycles. The lowest BCUT2D eigenvalue weighted by Gasteiger charge is -2.13. The summed E-state index contributed by atoms with van der Waals surface area (Å²) in [7, 11) is 0. The third-order valence-corrected chi connectivity index (χ3v) is 5.09. The molecule has 6 heteroatoms. The maximum absolute atomic E-state index is 12.5. The van der Waals surface area contributed by atoms with Crippen molar-refractivity contribution in [3.8, 4) is 0 Å². The van der Waals surface area contributed by atoms with Crippen LogP contribution in [0.4, 0.5) is 4.79 Å². The number of carbonyl (C=O) groups is 2. The standard InChI is InChI=1S/C18H13Cl2NO2S/c1-11-2-4-12(5-3-11)8-16-17(22)21(18(23)24-16)10-13-6-7-14(19)9-15(13)20/h2-9H,10H2,1H3/b16-8-. The summed E-state index contributed by atoms with van der Waals surface area (Å²) < 4.78 is 0. The number of halogens is 2. The first-order chi connectivity index (χ1) is 11.4. The lowest BCUT2D eigenvalue weighted by Crippen LogP contribution is -2.27. The molecule has 24 heavy (non-hydrogen) atoms. The number of imide groups is 1. The van der Waals surface area contributed by atoms with Gasteiger partial charge in [0.1, 0.15) is 0 Å². The number of hydrogen-bond donors (Lipinski definition) is 0. The van der Waals surface area contributed by atoms with E-state index in [0.717, 1.165) is 22.9 Å². The minimum Gasteiger partial charge on any atom is -0.268 e. The van der Waals surface area contributed by atoms with Crippen LogP contribution in [0.2, 0.25) is 10.0 Å². The van der Waals surface area contributed by atoms with E-state index in [4.69, 9.17) is 23.2 Å². The molecule has 2 amide bonds. The van der Waals surface area contributed by atoms with Gasteiger partial charge in [-0.15, -0.1) is 0 Å². The van der Waals surface area contributed by atoms with Crippen molar-refractivity contribution in [2.45, 2.75) is 13.5 Å². The molecule has 1 aliphatic rings. The average molecular weight is 378 g/mol. The summed E-state index contributed by atoms with van der Waals surface area (Å²) in [6, 6.07) is 12.8. The summed E-state index contributed by atoms with van der Waals surface area (Å²) >= 11 is 12.9. The van der Waals surface area contributed by atoms with Crippen molar-refractivity contribution >= 4 is 52.2 Å². The maximum atomic E-state index is 12.5. The minimum absolute atomic E-state index is 0.131. The molecule has 0 aliphatic carbocycles. The Bertz CT molecular complexity index is 847. The fourth-order valence-corrected chi connectivity index (χ4v) is 3.58. The zero-order valence-corrected chi connectivity index (χ0v) is 15.1. The number of amides is 2. The zero-order valence-electron chi connectivity index (χ0n) is 12.8. The van der Waals surface area contributed by atoms with Crippen molar-refractivity contribution < 1.29 is 9.59 Å². The van der Waals surface area contributed by atoms with Crippen molar-refractivity contribution in [3.63, 3.8) is 0 Å². The largest absolute Gasteiger partial charge is 0.293 e. The molecule has 0 N–H and O–H groups in total. The summed E-state index contributed by atoms with van der Waals surface area (Å²) in [5, 5.41) is 0.644. The number of thioether (sulfide) groups is 1. The van der Waals surface area contributed by atoms with Gasteiger partial charge in [-0.3, -0.25) is 14.5 Å². The van der Waals surface area contributed by atoms with Gasteiger partial charge in [-0.2, -0.15) is 0 Å². The van der Waals surface area contributed by atoms with Gasteiger partial charge in [-0.1, -0.05) is 59.1 Å². The van der Waals surface area contributed by atoms with E-state index in [0.29, 0.717) is 20.5 Å². The van der Waals surface area contributed by atoms with Gasteiger partial charge in [-0.25, -0.2) is 0 Å². The highest BCUT2D eigenvalue weighted by Crippen LogP contribution is 2.34. The summed E-state index contributed by atoms with van der Waals surface area (Å²) in [5.74, 6) is -0.309. The summed E-state index contributed by atoms with van der Waals surface area (Å²) in [6.07, 6.45) is 1.73. The molecule has 0 atom stereocenters. The van der Waals surface area contributed by atoms with Gasteiger partial charge in [0.2, 0.25) is 0 Å². The second-order valence-corrected chi connectivity index (χ2v) is 7.25. The van der Waals surface area contributed by atoms with E-state index in [1.807, 2.05) is 31.2 Å². The van der Waals surface area contributed by atoms with Crippen molar-refractivity contribution in [3.05, 3.63) is 74.1 Å². The smallest absolute Gasteiger partial charge is 0.268 e. The first-order valence-electron chi connectivity index (χ1n) is 7.20. The third-order valence-electron chi connectivity index (χ3n) is 3.59. The van der Waals surface area contributed by atoms with Crippen LogP contribution in [0.1, 0.15) is 16.7 Å². The predicted molar refractivity (Wildman–Crippen MR) is 99.2 cm³/mol. The molecule has 0 unspecified atom stereocenters. The summed E-state index contributed by atoms with van der Waals surface area (Å²) in [5.41, 5.74) is 2.70. The molecule has 3 rings (SSSR count). The van der Waals surface area contributed by atoms with Gasteiger partial charge >= 0.3 is 0 Å². The Balaban J connectivity index is 1.82. The monoisotopic (exact) mass is 377 g/mol. The number of nitrogens with zero attached hydrogens (tertiary/aromatic N) is 1. The highest BCUT2D eigenvalue weighted by molar-refractivity contribution is 8.18. The number of hydrogen-bond acceptors (Lipinski definition) is 3. The van der Waals surface area contributed by atoms with Gasteiger partial charge in [-0.05, 0) is 48.0 Å². The van der Waals surface area contributed by atoms with Crippen LogP contribution < -0.4 is 0 Å². The van der Waals surface area contributed by atoms with E-state index in [-0.39, 0.29) is 17.7 Å². The number of benzene rings is 2. The van der Waals surface area contributed by atoms with Crippen LogP contribution in [-0.2, 0) is 11.3 Å². The second-order valence-electron chi connectivity index (χ2n) is 5.41. The molecule has 0 aromatic heterocycles. The van der Waals surface area contributed by atoms with E-state index in [1.54, 1.807) is 24.3 Å². The summed E-state index contributed by atoms with van der Waals surface area (Å²) in [4.78, 5) is 26.3. The molecule has 122 valence electrons. The molecule has 1 heterocycles. The Hall–Kier alpha value is -1.75. The zero-order chi connectivity index (χ0) is 17.3. The average Bonchev–Trinajstić information content (AvgIpc) is 2.79. The molecule has 0 saturated carbocycles. The van der Waals surface area contributed by atoms with Crippen molar-refractivity contribution in [2.75, 3.05) is 0 Å². The molecule has 1 saturated heterocycles. The van der Waals surface area contributed by atoms with Crippen LogP contribution in [0.15, 0.2) is 47.4 Å². The lowest BCUT2D eigenvalue weighted by molar-refractivity contribution is -0.123. The molecule has 3 nitrogen and oxygen atoms in total. The minimum atomic E-state index is -0.309. The van der Waals surface area contributed by atoms with Crippen LogP contribution in [0.3, 0.4) is 0 Å². The highest BCUT2D eigenvalue weighted by Gasteiger charge is 2.35. The first kappa shape index (κ1) is 17.1. The topological polar surface area (TPSA) is 37.4 Å². The Kier molecular flexibility index (Phi) is 4.99. The Labute approximate surface area is 154 Å². The molecule has 2 aromatic rings. The molecule has 0 radical (unpaired) electrons. The maximum Gasteiger partial charge on any atom is 0.293 e. The molecule has 1 fully saturated rings. The van der Waals surface area contributed by atoms with Crippen molar-refractivity contribution in [2.24, 2.45) is 0 Å². The van der Waals surface area contributed by atoms with Crippen LogP contribution in [0, 0.1) is 6.92 Å². The van der Waals surface area contributed by atoms with E-state index < -0.39 is 0 Å². The van der Waals surface area contributed by atoms with Crippen LogP contribution in [0.5, 0.6) is 0 Å². The highest BCUT2D eigenvalue weighted by atomic mass is 35.5. The van der Waals surface area contributed by atoms with Gasteiger partial charge in [0, 0.05) is 10.0 Å². The van der Waals surface area contributed by atoms with E-state index >= 15 is 0 Å². The van der Waals surface area contributed by atoms with Gasteiger partial charge in [0.05, 0.1) is 11.4 Å². The fraction of sp³-hybridized carbons (Fsp3) is 0.111. The Morgan fingerprint density at radius 2 is 1.79 bits per heavy atom. The van der Waals surface area contributed by atoms with E-state index in [2.05, 4.69) is 0 Å². The molecular weight excluding hydrogens is 365 g/mol. The SMILES string of the molecule is Cc1ccc(/C=C2\SC(=O)N(Cc3ccc(Cl)cc3Cl)C2=O)cc1. The second kappa shape index (κ2) is 7.01. The first-order valence-corrected chi connectivity index (χ1v) is 8.77. The Morgan fingerprint density at radius 3 is 2.46 bits per heavy atom. The molecule has 2 aromatic carbocycles. The van der Waals surface area contributed by atoms with Crippen molar-refractivity contribution in [1.29, 1.82) is 0 Å². The third kappa shape index (κ3) is 3.66. The fourth-order valence-electron chi connectivity index (χ4n) is 2.27. The van der Waals surface area contributed by atoms with Gasteiger partial charge in [0.15, 0.2) is 0 Å². The van der Waals surface area contributed by atoms with E-state index in [9.17, 15) is 9.59 Å². The number of carbonyl (C=O) groups excluding carboxylic acids is 2. The number of aryl methyl sites for hydroxylation is 1. The molecule has 0 bridgehead atoms. The quantitative estimate of drug-likeness (QED) is 0.659. The van der Waals surface area contributed by atoms with Crippen LogP contribution in [-0.4, -0.2) is 16.0 Å².